The molecule has 1 heterocycles. The van der Waals surface area contributed by atoms with Gasteiger partial charge in [0.2, 0.25) is 0 Å². The molecule has 7 heteroatoms. The molecule has 4 rings (SSSR count). The average molecular weight is 474 g/mol. The lowest BCUT2D eigenvalue weighted by atomic mass is 9.94. The number of para-hydroxylation sites is 1. The van der Waals surface area contributed by atoms with Gasteiger partial charge in [-0.05, 0) is 61.5 Å². The number of rotatable bonds is 8. The first-order valence-electron chi connectivity index (χ1n) is 11.1. The molecule has 0 radical (unpaired) electrons. The van der Waals surface area contributed by atoms with Gasteiger partial charge in [0.1, 0.15) is 6.61 Å². The summed E-state index contributed by atoms with van der Waals surface area (Å²) < 4.78 is 11.9. The van der Waals surface area contributed by atoms with Crippen LogP contribution in [0, 0.1) is 0 Å². The van der Waals surface area contributed by atoms with Crippen LogP contribution in [-0.4, -0.2) is 17.6 Å². The van der Waals surface area contributed by atoms with Gasteiger partial charge in [-0.15, -0.1) is 0 Å². The Bertz CT molecular complexity index is 1200. The third kappa shape index (κ3) is 5.55. The number of amides is 1. The van der Waals surface area contributed by atoms with E-state index >= 15 is 0 Å². The second-order valence-corrected chi connectivity index (χ2v) is 8.21. The van der Waals surface area contributed by atoms with Gasteiger partial charge in [0.25, 0.3) is 5.91 Å². The summed E-state index contributed by atoms with van der Waals surface area (Å²) in [6.07, 6.45) is 0. The molecule has 0 saturated carbocycles. The Morgan fingerprint density at radius 1 is 0.971 bits per heavy atom. The number of thiocarbonyl (C=S) groups is 1. The van der Waals surface area contributed by atoms with Crippen molar-refractivity contribution in [3.8, 4) is 11.5 Å². The van der Waals surface area contributed by atoms with Gasteiger partial charge in [0.15, 0.2) is 16.6 Å². The largest absolute Gasteiger partial charge is 0.490 e. The van der Waals surface area contributed by atoms with Gasteiger partial charge in [-0.1, -0.05) is 54.6 Å². The zero-order chi connectivity index (χ0) is 23.9. The number of anilines is 1. The Hall–Kier alpha value is -3.84. The van der Waals surface area contributed by atoms with Crippen molar-refractivity contribution in [1.82, 2.24) is 10.6 Å². The number of hydrogen-bond donors (Lipinski definition) is 3. The van der Waals surface area contributed by atoms with E-state index in [1.165, 1.54) is 0 Å². The van der Waals surface area contributed by atoms with Crippen LogP contribution in [-0.2, 0) is 11.4 Å². The van der Waals surface area contributed by atoms with Crippen LogP contribution < -0.4 is 25.4 Å². The summed E-state index contributed by atoms with van der Waals surface area (Å²) in [4.78, 5) is 13.3. The fourth-order valence-electron chi connectivity index (χ4n) is 3.79. The normalized spacial score (nSPS) is 15.2. The van der Waals surface area contributed by atoms with Crippen molar-refractivity contribution in [3.05, 3.63) is 101 Å². The van der Waals surface area contributed by atoms with Crippen LogP contribution in [0.4, 0.5) is 5.69 Å². The molecule has 0 bridgehead atoms. The summed E-state index contributed by atoms with van der Waals surface area (Å²) in [5.41, 5.74) is 3.89. The van der Waals surface area contributed by atoms with Crippen LogP contribution >= 0.6 is 12.2 Å². The van der Waals surface area contributed by atoms with Crippen molar-refractivity contribution in [2.45, 2.75) is 26.5 Å². The van der Waals surface area contributed by atoms with E-state index in [1.807, 2.05) is 92.7 Å². The maximum Gasteiger partial charge on any atom is 0.255 e. The molecule has 174 valence electrons. The molecule has 34 heavy (non-hydrogen) atoms. The van der Waals surface area contributed by atoms with Gasteiger partial charge in [-0.25, -0.2) is 0 Å². The lowest BCUT2D eigenvalue weighted by Crippen LogP contribution is -2.45. The fraction of sp³-hybridized carbons (Fsp3) is 0.185. The van der Waals surface area contributed by atoms with Gasteiger partial charge in [-0.3, -0.25) is 4.79 Å². The smallest absolute Gasteiger partial charge is 0.255 e. The summed E-state index contributed by atoms with van der Waals surface area (Å²) in [5, 5.41) is 9.73. The summed E-state index contributed by atoms with van der Waals surface area (Å²) in [6.45, 7) is 4.69. The molecule has 0 saturated heterocycles. The highest BCUT2D eigenvalue weighted by atomic mass is 32.1. The van der Waals surface area contributed by atoms with Crippen molar-refractivity contribution in [3.63, 3.8) is 0 Å². The topological polar surface area (TPSA) is 71.6 Å². The van der Waals surface area contributed by atoms with Crippen molar-refractivity contribution < 1.29 is 14.3 Å². The molecule has 1 aliphatic heterocycles. The van der Waals surface area contributed by atoms with E-state index in [-0.39, 0.29) is 5.91 Å². The molecular weight excluding hydrogens is 446 g/mol. The van der Waals surface area contributed by atoms with Crippen molar-refractivity contribution >= 4 is 28.9 Å². The lowest BCUT2D eigenvalue weighted by Gasteiger charge is -2.30. The minimum absolute atomic E-state index is 0.210. The summed E-state index contributed by atoms with van der Waals surface area (Å²) >= 11 is 5.39. The summed E-state index contributed by atoms with van der Waals surface area (Å²) in [5.74, 6) is 1.04. The molecule has 0 fully saturated rings. The van der Waals surface area contributed by atoms with Gasteiger partial charge in [0.05, 0.1) is 18.2 Å². The minimum atomic E-state index is -0.445. The maximum atomic E-state index is 13.3. The summed E-state index contributed by atoms with van der Waals surface area (Å²) in [6, 6.07) is 24.6. The van der Waals surface area contributed by atoms with Gasteiger partial charge < -0.3 is 25.4 Å². The van der Waals surface area contributed by atoms with Crippen molar-refractivity contribution in [2.75, 3.05) is 11.9 Å². The van der Waals surface area contributed by atoms with Crippen LogP contribution in [0.3, 0.4) is 0 Å². The second-order valence-electron chi connectivity index (χ2n) is 7.80. The zero-order valence-corrected chi connectivity index (χ0v) is 19.9. The number of carbonyl (C=O) groups excluding carboxylic acids is 1. The third-order valence-electron chi connectivity index (χ3n) is 5.38. The van der Waals surface area contributed by atoms with E-state index in [0.29, 0.717) is 41.1 Å². The van der Waals surface area contributed by atoms with Gasteiger partial charge in [0, 0.05) is 11.4 Å². The zero-order valence-electron chi connectivity index (χ0n) is 19.1. The molecule has 0 aliphatic carbocycles. The first-order chi connectivity index (χ1) is 16.5. The summed E-state index contributed by atoms with van der Waals surface area (Å²) in [7, 11) is 0. The lowest BCUT2D eigenvalue weighted by molar-refractivity contribution is -0.113. The van der Waals surface area contributed by atoms with E-state index in [9.17, 15) is 4.79 Å². The molecule has 1 atom stereocenters. The highest BCUT2D eigenvalue weighted by Gasteiger charge is 2.30. The Balaban J connectivity index is 1.62. The van der Waals surface area contributed by atoms with E-state index in [1.54, 1.807) is 0 Å². The van der Waals surface area contributed by atoms with E-state index in [2.05, 4.69) is 16.0 Å². The standard InChI is InChI=1S/C27H27N3O3S/c1-3-32-23-16-20(14-15-22(23)33-17-19-10-6-4-7-11-19)25-24(18(2)28-27(34)30-25)26(31)29-21-12-8-5-9-13-21/h4-16,25H,3,17H2,1-2H3,(H,29,31)(H2,28,30,34)/t25-/m1/s1. The first-order valence-corrected chi connectivity index (χ1v) is 11.5. The van der Waals surface area contributed by atoms with E-state index in [0.717, 1.165) is 16.8 Å². The second kappa shape index (κ2) is 10.9. The monoisotopic (exact) mass is 473 g/mol. The Kier molecular flexibility index (Phi) is 7.44. The number of nitrogens with one attached hydrogen (secondary N) is 3. The van der Waals surface area contributed by atoms with E-state index in [4.69, 9.17) is 21.7 Å². The quantitative estimate of drug-likeness (QED) is 0.396. The predicted octanol–water partition coefficient (Wildman–Crippen LogP) is 5.10. The fourth-order valence-corrected chi connectivity index (χ4v) is 4.06. The molecular formula is C27H27N3O3S. The molecule has 0 spiro atoms. The molecule has 6 nitrogen and oxygen atoms in total. The number of benzene rings is 3. The molecule has 3 aromatic carbocycles. The maximum absolute atomic E-state index is 13.3. The number of allylic oxidation sites excluding steroid dienone is 1. The Morgan fingerprint density at radius 3 is 2.38 bits per heavy atom. The predicted molar refractivity (Wildman–Crippen MR) is 138 cm³/mol. The van der Waals surface area contributed by atoms with Crippen molar-refractivity contribution in [2.24, 2.45) is 0 Å². The van der Waals surface area contributed by atoms with Crippen LogP contribution in [0.15, 0.2) is 90.1 Å². The molecule has 1 amide bonds. The molecule has 0 unspecified atom stereocenters. The van der Waals surface area contributed by atoms with Crippen LogP contribution in [0.25, 0.3) is 0 Å². The molecule has 1 aliphatic rings. The number of ether oxygens (including phenoxy) is 2. The van der Waals surface area contributed by atoms with Crippen LogP contribution in [0.2, 0.25) is 0 Å². The van der Waals surface area contributed by atoms with Crippen LogP contribution in [0.1, 0.15) is 31.0 Å². The SMILES string of the molecule is CCOc1cc([C@H]2NC(=S)NC(C)=C2C(=O)Nc2ccccc2)ccc1OCc1ccccc1. The Labute approximate surface area is 205 Å². The van der Waals surface area contributed by atoms with E-state index < -0.39 is 6.04 Å². The third-order valence-corrected chi connectivity index (χ3v) is 5.60. The Morgan fingerprint density at radius 2 is 1.68 bits per heavy atom. The first kappa shape index (κ1) is 23.3. The highest BCUT2D eigenvalue weighted by molar-refractivity contribution is 7.80. The van der Waals surface area contributed by atoms with Crippen molar-refractivity contribution in [1.29, 1.82) is 0 Å². The number of hydrogen-bond acceptors (Lipinski definition) is 4. The highest BCUT2D eigenvalue weighted by Crippen LogP contribution is 2.35. The van der Waals surface area contributed by atoms with Gasteiger partial charge in [-0.2, -0.15) is 0 Å². The molecule has 3 aromatic rings. The van der Waals surface area contributed by atoms with Crippen LogP contribution in [0.5, 0.6) is 11.5 Å². The average Bonchev–Trinajstić information content (AvgIpc) is 2.84. The minimum Gasteiger partial charge on any atom is -0.490 e. The van der Waals surface area contributed by atoms with Gasteiger partial charge >= 0.3 is 0 Å². The number of carbonyl (C=O) groups is 1. The molecule has 0 aromatic heterocycles. The molecule has 3 N–H and O–H groups in total.